The smallest absolute Gasteiger partial charge is 0.414 e. The first-order chi connectivity index (χ1) is 9.49. The molecule has 7 nitrogen and oxygen atoms in total. The van der Waals surface area contributed by atoms with Gasteiger partial charge in [0, 0.05) is 45.1 Å². The van der Waals surface area contributed by atoms with Gasteiger partial charge in [-0.1, -0.05) is 6.07 Å². The molecule has 0 saturated carbocycles. The van der Waals surface area contributed by atoms with E-state index in [0.717, 1.165) is 6.54 Å². The molecule has 7 heteroatoms. The van der Waals surface area contributed by atoms with Gasteiger partial charge in [0.25, 0.3) is 0 Å². The molecule has 0 amide bonds. The number of rotatable bonds is 2. The van der Waals surface area contributed by atoms with E-state index in [1.807, 2.05) is 18.5 Å². The number of carbonyl (C=O) groups is 2. The van der Waals surface area contributed by atoms with Crippen LogP contribution in [0.4, 0.5) is 0 Å². The summed E-state index contributed by atoms with van der Waals surface area (Å²) in [5.74, 6) is -3.65. The van der Waals surface area contributed by atoms with Crippen molar-refractivity contribution in [2.24, 2.45) is 0 Å². The maximum Gasteiger partial charge on any atom is 0.414 e. The first-order valence-corrected chi connectivity index (χ1v) is 6.25. The number of carboxylic acids is 2. The molecular weight excluding hydrogens is 262 g/mol. The minimum atomic E-state index is -1.82. The zero-order valence-electron chi connectivity index (χ0n) is 11.4. The normalized spacial score (nSPS) is 16.1. The molecule has 0 radical (unpaired) electrons. The van der Waals surface area contributed by atoms with Gasteiger partial charge in [0.15, 0.2) is 0 Å². The number of aliphatic carboxylic acids is 2. The number of likely N-dealkylation sites (N-methyl/N-ethyl adjacent to an activating group) is 1. The zero-order chi connectivity index (χ0) is 15.0. The van der Waals surface area contributed by atoms with Gasteiger partial charge in [0.05, 0.1) is 0 Å². The van der Waals surface area contributed by atoms with Crippen LogP contribution in [-0.2, 0) is 16.1 Å². The van der Waals surface area contributed by atoms with Gasteiger partial charge in [0.1, 0.15) is 0 Å². The van der Waals surface area contributed by atoms with E-state index in [2.05, 4.69) is 27.9 Å². The number of carboxylic acid groups (broad SMARTS) is 2. The fourth-order valence-corrected chi connectivity index (χ4v) is 1.76. The Balaban J connectivity index is 0.000000286. The highest BCUT2D eigenvalue weighted by atomic mass is 16.4. The van der Waals surface area contributed by atoms with E-state index in [4.69, 9.17) is 19.8 Å². The molecule has 1 aromatic heterocycles. The SMILES string of the molecule is CN1CCN(Cc2cccnc2)CC1.O=C(O)C(=O)O. The third kappa shape index (κ3) is 6.26. The summed E-state index contributed by atoms with van der Waals surface area (Å²) in [5, 5.41) is 14.8. The standard InChI is InChI=1S/C11H17N3.C2H2O4/c1-13-5-7-14(8-6-13)10-11-3-2-4-12-9-11;3-1(4)2(5)6/h2-4,9H,5-8,10H2,1H3;(H,3,4)(H,5,6). The van der Waals surface area contributed by atoms with Gasteiger partial charge >= 0.3 is 11.9 Å². The number of hydrogen-bond acceptors (Lipinski definition) is 5. The van der Waals surface area contributed by atoms with Crippen molar-refractivity contribution in [2.45, 2.75) is 6.54 Å². The largest absolute Gasteiger partial charge is 0.473 e. The van der Waals surface area contributed by atoms with Gasteiger partial charge in [-0.05, 0) is 18.7 Å². The summed E-state index contributed by atoms with van der Waals surface area (Å²) < 4.78 is 0. The van der Waals surface area contributed by atoms with Crippen LogP contribution < -0.4 is 0 Å². The van der Waals surface area contributed by atoms with Gasteiger partial charge in [-0.15, -0.1) is 0 Å². The van der Waals surface area contributed by atoms with Gasteiger partial charge in [-0.25, -0.2) is 9.59 Å². The van der Waals surface area contributed by atoms with Crippen LogP contribution in [0.1, 0.15) is 5.56 Å². The Morgan fingerprint density at radius 3 is 2.25 bits per heavy atom. The average molecular weight is 281 g/mol. The zero-order valence-corrected chi connectivity index (χ0v) is 11.4. The Hall–Kier alpha value is -1.99. The van der Waals surface area contributed by atoms with Crippen molar-refractivity contribution in [3.05, 3.63) is 30.1 Å². The second-order valence-corrected chi connectivity index (χ2v) is 4.55. The highest BCUT2D eigenvalue weighted by Gasteiger charge is 2.13. The lowest BCUT2D eigenvalue weighted by Gasteiger charge is -2.32. The molecule has 0 spiro atoms. The Labute approximate surface area is 117 Å². The van der Waals surface area contributed by atoms with Crippen molar-refractivity contribution in [2.75, 3.05) is 33.2 Å². The van der Waals surface area contributed by atoms with Gasteiger partial charge in [-0.2, -0.15) is 0 Å². The predicted molar refractivity (Wildman–Crippen MR) is 72.3 cm³/mol. The fourth-order valence-electron chi connectivity index (χ4n) is 1.76. The monoisotopic (exact) mass is 281 g/mol. The van der Waals surface area contributed by atoms with Gasteiger partial charge < -0.3 is 15.1 Å². The summed E-state index contributed by atoms with van der Waals surface area (Å²) in [4.78, 5) is 27.2. The highest BCUT2D eigenvalue weighted by molar-refractivity contribution is 6.27. The molecule has 1 saturated heterocycles. The molecule has 20 heavy (non-hydrogen) atoms. The molecule has 2 N–H and O–H groups in total. The molecule has 1 fully saturated rings. The Morgan fingerprint density at radius 2 is 1.80 bits per heavy atom. The van der Waals surface area contributed by atoms with Crippen LogP contribution in [0.2, 0.25) is 0 Å². The lowest BCUT2D eigenvalue weighted by Crippen LogP contribution is -2.43. The van der Waals surface area contributed by atoms with Crippen molar-refractivity contribution < 1.29 is 19.8 Å². The lowest BCUT2D eigenvalue weighted by atomic mass is 10.2. The Bertz CT molecular complexity index is 419. The first-order valence-electron chi connectivity index (χ1n) is 6.25. The topological polar surface area (TPSA) is 94.0 Å². The minimum absolute atomic E-state index is 1.04. The van der Waals surface area contributed by atoms with Crippen LogP contribution in [-0.4, -0.2) is 70.2 Å². The van der Waals surface area contributed by atoms with E-state index >= 15 is 0 Å². The van der Waals surface area contributed by atoms with E-state index in [1.165, 1.54) is 31.7 Å². The second-order valence-electron chi connectivity index (χ2n) is 4.55. The van der Waals surface area contributed by atoms with E-state index in [0.29, 0.717) is 0 Å². The van der Waals surface area contributed by atoms with Crippen LogP contribution in [0.15, 0.2) is 24.5 Å². The van der Waals surface area contributed by atoms with Crippen LogP contribution in [0.3, 0.4) is 0 Å². The van der Waals surface area contributed by atoms with Crippen molar-refractivity contribution in [1.82, 2.24) is 14.8 Å². The summed E-state index contributed by atoms with van der Waals surface area (Å²) in [7, 11) is 2.18. The van der Waals surface area contributed by atoms with Crippen molar-refractivity contribution in [3.63, 3.8) is 0 Å². The number of aromatic nitrogens is 1. The van der Waals surface area contributed by atoms with Gasteiger partial charge in [0.2, 0.25) is 0 Å². The molecule has 0 atom stereocenters. The fraction of sp³-hybridized carbons (Fsp3) is 0.462. The van der Waals surface area contributed by atoms with E-state index in [1.54, 1.807) is 0 Å². The predicted octanol–water partition coefficient (Wildman–Crippen LogP) is -0.0154. The molecule has 0 bridgehead atoms. The number of nitrogens with zero attached hydrogens (tertiary/aromatic N) is 3. The molecule has 1 aliphatic heterocycles. The van der Waals surface area contributed by atoms with Crippen molar-refractivity contribution in [1.29, 1.82) is 0 Å². The third-order valence-corrected chi connectivity index (χ3v) is 2.91. The van der Waals surface area contributed by atoms with Crippen LogP contribution in [0.25, 0.3) is 0 Å². The molecule has 0 aliphatic carbocycles. The molecule has 1 aliphatic rings. The van der Waals surface area contributed by atoms with Crippen LogP contribution in [0.5, 0.6) is 0 Å². The molecule has 0 unspecified atom stereocenters. The number of hydrogen-bond donors (Lipinski definition) is 2. The minimum Gasteiger partial charge on any atom is -0.473 e. The highest BCUT2D eigenvalue weighted by Crippen LogP contribution is 2.05. The first kappa shape index (κ1) is 16.1. The van der Waals surface area contributed by atoms with E-state index in [-0.39, 0.29) is 0 Å². The van der Waals surface area contributed by atoms with Crippen molar-refractivity contribution >= 4 is 11.9 Å². The summed E-state index contributed by atoms with van der Waals surface area (Å²) in [6, 6.07) is 4.15. The Kier molecular flexibility index (Phi) is 6.61. The molecule has 2 rings (SSSR count). The summed E-state index contributed by atoms with van der Waals surface area (Å²) >= 11 is 0. The van der Waals surface area contributed by atoms with Crippen molar-refractivity contribution in [3.8, 4) is 0 Å². The second kappa shape index (κ2) is 8.23. The molecule has 110 valence electrons. The summed E-state index contributed by atoms with van der Waals surface area (Å²) in [6.45, 7) is 5.75. The quantitative estimate of drug-likeness (QED) is 0.736. The molecular formula is C13H19N3O4. The lowest BCUT2D eigenvalue weighted by molar-refractivity contribution is -0.159. The summed E-state index contributed by atoms with van der Waals surface area (Å²) in [5.41, 5.74) is 1.32. The Morgan fingerprint density at radius 1 is 1.20 bits per heavy atom. The van der Waals surface area contributed by atoms with E-state index in [9.17, 15) is 0 Å². The van der Waals surface area contributed by atoms with Gasteiger partial charge in [-0.3, -0.25) is 9.88 Å². The molecule has 2 heterocycles. The van der Waals surface area contributed by atoms with E-state index < -0.39 is 11.9 Å². The average Bonchev–Trinajstić information content (AvgIpc) is 2.43. The number of piperazine rings is 1. The third-order valence-electron chi connectivity index (χ3n) is 2.91. The molecule has 0 aromatic carbocycles. The molecule has 1 aromatic rings. The van der Waals surface area contributed by atoms with Crippen LogP contribution in [0, 0.1) is 0 Å². The maximum absolute atomic E-state index is 9.10. The van der Waals surface area contributed by atoms with Crippen LogP contribution >= 0.6 is 0 Å². The summed E-state index contributed by atoms with van der Waals surface area (Å²) in [6.07, 6.45) is 3.78. The maximum atomic E-state index is 9.10. The number of pyridine rings is 1.